The van der Waals surface area contributed by atoms with Crippen molar-refractivity contribution in [2.45, 2.75) is 0 Å². The van der Waals surface area contributed by atoms with Crippen LogP contribution in [0.25, 0.3) is 0 Å². The third kappa shape index (κ3) is 2.84. The Balaban J connectivity index is 2.15. The lowest BCUT2D eigenvalue weighted by atomic mass is 10.2. The number of benzene rings is 1. The van der Waals surface area contributed by atoms with Crippen LogP contribution in [0.4, 0.5) is 5.69 Å². The second kappa shape index (κ2) is 4.89. The Hall–Kier alpha value is -1.08. The maximum atomic E-state index is 12.1. The highest BCUT2D eigenvalue weighted by Gasteiger charge is 2.25. The fraction of sp³-hybridized carbons (Fsp3) is 0.364. The van der Waals surface area contributed by atoms with Crippen molar-refractivity contribution in [2.75, 3.05) is 30.3 Å². The topological polar surface area (TPSA) is 80.5 Å². The van der Waals surface area contributed by atoms with E-state index in [1.54, 1.807) is 23.1 Å². The van der Waals surface area contributed by atoms with Crippen molar-refractivity contribution in [2.24, 2.45) is 0 Å². The van der Waals surface area contributed by atoms with Gasteiger partial charge in [0.25, 0.3) is 5.91 Å². The predicted octanol–water partition coefficient (Wildman–Crippen LogP) is 0.902. The van der Waals surface area contributed by atoms with E-state index >= 15 is 0 Å². The summed E-state index contributed by atoms with van der Waals surface area (Å²) in [5, 5.41) is 0. The summed E-state index contributed by atoms with van der Waals surface area (Å²) in [6.45, 7) is 0.506. The first kappa shape index (κ1) is 13.4. The molecule has 18 heavy (non-hydrogen) atoms. The van der Waals surface area contributed by atoms with Crippen molar-refractivity contribution in [3.05, 3.63) is 28.2 Å². The molecule has 2 rings (SSSR count). The molecule has 1 aromatic rings. The van der Waals surface area contributed by atoms with Gasteiger partial charge in [-0.2, -0.15) is 0 Å². The van der Waals surface area contributed by atoms with E-state index in [0.29, 0.717) is 15.7 Å². The SMILES string of the molecule is Nc1ccc(C(=O)N2CCS(=O)(=O)CC2)cc1Br. The number of nitrogens with zero attached hydrogens (tertiary/aromatic N) is 1. The molecule has 0 unspecified atom stereocenters. The highest BCUT2D eigenvalue weighted by atomic mass is 79.9. The molecule has 1 amide bonds. The van der Waals surface area contributed by atoms with Crippen molar-refractivity contribution in [1.82, 2.24) is 4.90 Å². The average molecular weight is 333 g/mol. The van der Waals surface area contributed by atoms with Crippen LogP contribution in [-0.2, 0) is 9.84 Å². The summed E-state index contributed by atoms with van der Waals surface area (Å²) < 4.78 is 23.2. The molecule has 0 atom stereocenters. The minimum Gasteiger partial charge on any atom is -0.398 e. The first-order valence-electron chi connectivity index (χ1n) is 5.44. The number of carbonyl (C=O) groups excluding carboxylic acids is 1. The van der Waals surface area contributed by atoms with E-state index in [1.165, 1.54) is 0 Å². The molecular weight excluding hydrogens is 320 g/mol. The van der Waals surface area contributed by atoms with Crippen LogP contribution in [0.5, 0.6) is 0 Å². The lowest BCUT2D eigenvalue weighted by Gasteiger charge is -2.26. The second-order valence-corrected chi connectivity index (χ2v) is 7.34. The Bertz CT molecular complexity index is 572. The third-order valence-electron chi connectivity index (χ3n) is 2.88. The van der Waals surface area contributed by atoms with E-state index in [9.17, 15) is 13.2 Å². The summed E-state index contributed by atoms with van der Waals surface area (Å²) in [5.41, 5.74) is 6.72. The fourth-order valence-electron chi connectivity index (χ4n) is 1.76. The lowest BCUT2D eigenvalue weighted by Crippen LogP contribution is -2.43. The molecule has 1 aromatic carbocycles. The summed E-state index contributed by atoms with van der Waals surface area (Å²) >= 11 is 3.26. The molecule has 0 saturated carbocycles. The third-order valence-corrected chi connectivity index (χ3v) is 5.17. The van der Waals surface area contributed by atoms with Gasteiger partial charge in [0, 0.05) is 28.8 Å². The highest BCUT2D eigenvalue weighted by molar-refractivity contribution is 9.10. The van der Waals surface area contributed by atoms with Crippen LogP contribution in [0.1, 0.15) is 10.4 Å². The molecular formula is C11H13BrN2O3S. The molecule has 5 nitrogen and oxygen atoms in total. The van der Waals surface area contributed by atoms with Crippen LogP contribution in [0.3, 0.4) is 0 Å². The molecule has 1 heterocycles. The van der Waals surface area contributed by atoms with Gasteiger partial charge in [-0.3, -0.25) is 4.79 Å². The summed E-state index contributed by atoms with van der Waals surface area (Å²) in [5.74, 6) is -0.0883. The van der Waals surface area contributed by atoms with E-state index in [1.807, 2.05) is 0 Å². The van der Waals surface area contributed by atoms with Crippen LogP contribution in [0.15, 0.2) is 22.7 Å². The summed E-state index contributed by atoms with van der Waals surface area (Å²) in [6.07, 6.45) is 0. The number of hydrogen-bond donors (Lipinski definition) is 1. The number of carbonyl (C=O) groups is 1. The van der Waals surface area contributed by atoms with Crippen LogP contribution in [-0.4, -0.2) is 43.8 Å². The van der Waals surface area contributed by atoms with Gasteiger partial charge in [-0.15, -0.1) is 0 Å². The summed E-state index contributed by atoms with van der Waals surface area (Å²) in [4.78, 5) is 13.7. The van der Waals surface area contributed by atoms with Crippen LogP contribution in [0.2, 0.25) is 0 Å². The van der Waals surface area contributed by atoms with Gasteiger partial charge in [-0.05, 0) is 34.1 Å². The van der Waals surface area contributed by atoms with Gasteiger partial charge in [0.2, 0.25) is 0 Å². The number of rotatable bonds is 1. The van der Waals surface area contributed by atoms with E-state index in [4.69, 9.17) is 5.73 Å². The fourth-order valence-corrected chi connectivity index (χ4v) is 3.34. The Morgan fingerprint density at radius 2 is 1.89 bits per heavy atom. The molecule has 0 bridgehead atoms. The van der Waals surface area contributed by atoms with Gasteiger partial charge in [0.05, 0.1) is 11.5 Å². The monoisotopic (exact) mass is 332 g/mol. The second-order valence-electron chi connectivity index (χ2n) is 4.18. The van der Waals surface area contributed by atoms with Crippen molar-refractivity contribution in [1.29, 1.82) is 0 Å². The number of sulfone groups is 1. The number of amides is 1. The van der Waals surface area contributed by atoms with Crippen LogP contribution >= 0.6 is 15.9 Å². The quantitative estimate of drug-likeness (QED) is 0.775. The molecule has 1 aliphatic rings. The number of hydrogen-bond acceptors (Lipinski definition) is 4. The van der Waals surface area contributed by atoms with Crippen molar-refractivity contribution < 1.29 is 13.2 Å². The van der Waals surface area contributed by atoms with Crippen LogP contribution in [0, 0.1) is 0 Å². The van der Waals surface area contributed by atoms with Gasteiger partial charge in [0.15, 0.2) is 9.84 Å². The zero-order valence-corrected chi connectivity index (χ0v) is 12.0. The zero-order chi connectivity index (χ0) is 13.3. The molecule has 0 aromatic heterocycles. The molecule has 1 saturated heterocycles. The maximum Gasteiger partial charge on any atom is 0.253 e. The van der Waals surface area contributed by atoms with E-state index < -0.39 is 9.84 Å². The van der Waals surface area contributed by atoms with Gasteiger partial charge in [-0.1, -0.05) is 0 Å². The Morgan fingerprint density at radius 3 is 2.44 bits per heavy atom. The number of nitrogens with two attached hydrogens (primary N) is 1. The van der Waals surface area contributed by atoms with Crippen molar-refractivity contribution in [3.8, 4) is 0 Å². The van der Waals surface area contributed by atoms with Gasteiger partial charge >= 0.3 is 0 Å². The maximum absolute atomic E-state index is 12.1. The molecule has 0 aliphatic carbocycles. The standard InChI is InChI=1S/C11H13BrN2O3S/c12-9-7-8(1-2-10(9)13)11(15)14-3-5-18(16,17)6-4-14/h1-2,7H,3-6,13H2. The smallest absolute Gasteiger partial charge is 0.253 e. The van der Waals surface area contributed by atoms with Crippen LogP contribution < -0.4 is 5.73 Å². The van der Waals surface area contributed by atoms with Gasteiger partial charge in [-0.25, -0.2) is 8.42 Å². The van der Waals surface area contributed by atoms with Gasteiger partial charge < -0.3 is 10.6 Å². The average Bonchev–Trinajstić information content (AvgIpc) is 2.32. The minimum absolute atomic E-state index is 0.0366. The molecule has 0 radical (unpaired) electrons. The van der Waals surface area contributed by atoms with Crippen molar-refractivity contribution in [3.63, 3.8) is 0 Å². The molecule has 1 aliphatic heterocycles. The lowest BCUT2D eigenvalue weighted by molar-refractivity contribution is 0.0770. The molecule has 98 valence electrons. The Morgan fingerprint density at radius 1 is 1.28 bits per heavy atom. The largest absolute Gasteiger partial charge is 0.398 e. The summed E-state index contributed by atoms with van der Waals surface area (Å²) in [7, 11) is -2.97. The highest BCUT2D eigenvalue weighted by Crippen LogP contribution is 2.21. The minimum atomic E-state index is -2.97. The molecule has 1 fully saturated rings. The van der Waals surface area contributed by atoms with E-state index in [-0.39, 0.29) is 30.5 Å². The van der Waals surface area contributed by atoms with E-state index in [2.05, 4.69) is 15.9 Å². The Kier molecular flexibility index (Phi) is 3.63. The normalized spacial score (nSPS) is 18.6. The molecule has 7 heteroatoms. The number of nitrogen functional groups attached to an aromatic ring is 1. The van der Waals surface area contributed by atoms with Crippen molar-refractivity contribution >= 4 is 37.4 Å². The van der Waals surface area contributed by atoms with E-state index in [0.717, 1.165) is 0 Å². The molecule has 2 N–H and O–H groups in total. The number of anilines is 1. The number of halogens is 1. The molecule has 0 spiro atoms. The Labute approximate surface area is 114 Å². The predicted molar refractivity (Wildman–Crippen MR) is 73.1 cm³/mol. The zero-order valence-electron chi connectivity index (χ0n) is 9.60. The first-order chi connectivity index (χ1) is 8.39. The first-order valence-corrected chi connectivity index (χ1v) is 8.05. The summed E-state index contributed by atoms with van der Waals surface area (Å²) in [6, 6.07) is 4.95. The van der Waals surface area contributed by atoms with Gasteiger partial charge in [0.1, 0.15) is 0 Å².